The van der Waals surface area contributed by atoms with Crippen molar-refractivity contribution in [3.63, 3.8) is 0 Å². The molecule has 11 nitrogen and oxygen atoms in total. The molecule has 3 aliphatic heterocycles. The first kappa shape index (κ1) is 27.0. The van der Waals surface area contributed by atoms with E-state index in [0.717, 1.165) is 5.52 Å². The first-order valence-electron chi connectivity index (χ1n) is 13.4. The van der Waals surface area contributed by atoms with Crippen LogP contribution in [0.2, 0.25) is 0 Å². The van der Waals surface area contributed by atoms with E-state index in [4.69, 9.17) is 4.74 Å². The van der Waals surface area contributed by atoms with Crippen LogP contribution in [0.4, 0.5) is 0 Å². The van der Waals surface area contributed by atoms with Crippen LogP contribution in [0.5, 0.6) is 0 Å². The molecule has 3 saturated heterocycles. The standard InChI is InChI=1S/C28H36N6O5/c1-5-14-31(4)24(36)21-22-25(37)33(16-17-35)23(28(22)13-12-27(21,7-3)39-28)26(38)32(15-6-2)18-34-20-11-9-8-10-19(20)29-30-34/h5-6,8-11,21-23,35H,1-2,7,12-18H2,3-4H3/t21-,22-,23?,27+,28?/m0/s1. The van der Waals surface area contributed by atoms with Crippen LogP contribution in [0, 0.1) is 11.8 Å². The van der Waals surface area contributed by atoms with Crippen molar-refractivity contribution in [2.75, 3.05) is 33.3 Å². The molecular formula is C28H36N6O5. The number of amides is 3. The molecule has 3 aliphatic rings. The zero-order valence-corrected chi connectivity index (χ0v) is 22.5. The van der Waals surface area contributed by atoms with Gasteiger partial charge in [-0.1, -0.05) is 36.4 Å². The number of hydrogen-bond donors (Lipinski definition) is 1. The van der Waals surface area contributed by atoms with Crippen molar-refractivity contribution < 1.29 is 24.2 Å². The Kier molecular flexibility index (Phi) is 7.06. The lowest BCUT2D eigenvalue weighted by atomic mass is 9.64. The summed E-state index contributed by atoms with van der Waals surface area (Å²) in [5.74, 6) is -2.39. The maximum absolute atomic E-state index is 14.4. The van der Waals surface area contributed by atoms with E-state index in [2.05, 4.69) is 23.5 Å². The van der Waals surface area contributed by atoms with E-state index in [1.807, 2.05) is 31.2 Å². The second-order valence-corrected chi connectivity index (χ2v) is 10.7. The average Bonchev–Trinajstić information content (AvgIpc) is 3.66. The van der Waals surface area contributed by atoms with Crippen molar-refractivity contribution >= 4 is 28.8 Å². The molecule has 0 radical (unpaired) electrons. The molecule has 3 amide bonds. The number of hydrogen-bond acceptors (Lipinski definition) is 7. The van der Waals surface area contributed by atoms with Gasteiger partial charge in [0, 0.05) is 26.7 Å². The molecule has 3 fully saturated rings. The summed E-state index contributed by atoms with van der Waals surface area (Å²) in [5, 5.41) is 18.3. The molecule has 1 aromatic carbocycles. The summed E-state index contributed by atoms with van der Waals surface area (Å²) >= 11 is 0. The van der Waals surface area contributed by atoms with E-state index in [1.165, 1.54) is 4.90 Å². The van der Waals surface area contributed by atoms with E-state index in [0.29, 0.717) is 31.3 Å². The summed E-state index contributed by atoms with van der Waals surface area (Å²) in [6.07, 6.45) is 4.84. The Bertz CT molecular complexity index is 1310. The van der Waals surface area contributed by atoms with Crippen LogP contribution in [0.3, 0.4) is 0 Å². The SMILES string of the molecule is C=CCN(C)C(=O)[C@@H]1[C@H]2C(=O)N(CCO)C(C(=O)N(CC=C)Cn3nnc4ccccc43)C23CC[C@@]1(CC)O3. The van der Waals surface area contributed by atoms with Gasteiger partial charge in [0.05, 0.1) is 29.6 Å². The monoisotopic (exact) mass is 536 g/mol. The van der Waals surface area contributed by atoms with Crippen molar-refractivity contribution in [2.45, 2.75) is 50.1 Å². The minimum absolute atomic E-state index is 0.0342. The third-order valence-corrected chi connectivity index (χ3v) is 8.69. The summed E-state index contributed by atoms with van der Waals surface area (Å²) in [6, 6.07) is 6.47. The lowest BCUT2D eigenvalue weighted by Gasteiger charge is -2.36. The Hall–Kier alpha value is -3.57. The molecule has 2 aromatic rings. The van der Waals surface area contributed by atoms with Crippen LogP contribution in [-0.2, 0) is 25.8 Å². The quantitative estimate of drug-likeness (QED) is 0.428. The fourth-order valence-corrected chi connectivity index (χ4v) is 6.97. The van der Waals surface area contributed by atoms with Gasteiger partial charge >= 0.3 is 0 Å². The lowest BCUT2D eigenvalue weighted by Crippen LogP contribution is -2.57. The average molecular weight is 537 g/mol. The molecule has 0 aliphatic carbocycles. The molecule has 1 spiro atoms. The van der Waals surface area contributed by atoms with Gasteiger partial charge in [-0.05, 0) is 31.4 Å². The summed E-state index contributed by atoms with van der Waals surface area (Å²) < 4.78 is 8.41. The number of nitrogens with zero attached hydrogens (tertiary/aromatic N) is 6. The third-order valence-electron chi connectivity index (χ3n) is 8.69. The van der Waals surface area contributed by atoms with Gasteiger partial charge in [0.25, 0.3) is 0 Å². The fraction of sp³-hybridized carbons (Fsp3) is 0.536. The van der Waals surface area contributed by atoms with E-state index >= 15 is 0 Å². The van der Waals surface area contributed by atoms with Gasteiger partial charge in [-0.25, -0.2) is 4.68 Å². The van der Waals surface area contributed by atoms with Crippen molar-refractivity contribution in [2.24, 2.45) is 11.8 Å². The Morgan fingerprint density at radius 1 is 1.21 bits per heavy atom. The highest BCUT2D eigenvalue weighted by Gasteiger charge is 2.78. The number of carbonyl (C=O) groups excluding carboxylic acids is 3. The largest absolute Gasteiger partial charge is 0.395 e. The maximum atomic E-state index is 14.4. The molecule has 5 rings (SSSR count). The molecule has 0 saturated carbocycles. The second-order valence-electron chi connectivity index (χ2n) is 10.7. The number of likely N-dealkylation sites (tertiary alicyclic amines) is 1. The van der Waals surface area contributed by atoms with E-state index in [1.54, 1.807) is 33.7 Å². The van der Waals surface area contributed by atoms with Gasteiger partial charge in [-0.15, -0.1) is 18.3 Å². The summed E-state index contributed by atoms with van der Waals surface area (Å²) in [4.78, 5) is 46.7. The molecule has 2 unspecified atom stereocenters. The smallest absolute Gasteiger partial charge is 0.250 e. The highest BCUT2D eigenvalue weighted by Crippen LogP contribution is 2.64. The van der Waals surface area contributed by atoms with Crippen molar-refractivity contribution in [3.8, 4) is 0 Å². The van der Waals surface area contributed by atoms with Gasteiger partial charge < -0.3 is 24.5 Å². The third kappa shape index (κ3) is 3.98. The van der Waals surface area contributed by atoms with Crippen LogP contribution in [0.15, 0.2) is 49.6 Å². The van der Waals surface area contributed by atoms with Crippen LogP contribution in [0.1, 0.15) is 26.2 Å². The maximum Gasteiger partial charge on any atom is 0.250 e. The number of carbonyl (C=O) groups is 3. The zero-order valence-electron chi connectivity index (χ0n) is 22.5. The van der Waals surface area contributed by atoms with Crippen molar-refractivity contribution in [3.05, 3.63) is 49.6 Å². The van der Waals surface area contributed by atoms with Gasteiger partial charge in [0.2, 0.25) is 17.7 Å². The molecule has 4 heterocycles. The number of rotatable bonds is 11. The topological polar surface area (TPSA) is 121 Å². The number of β-amino-alcohol motifs (C(OH)–C–C–N with tert-alkyl or cyclic N) is 1. The van der Waals surface area contributed by atoms with Gasteiger partial charge in [-0.2, -0.15) is 0 Å². The van der Waals surface area contributed by atoms with Gasteiger partial charge in [0.1, 0.15) is 23.8 Å². The normalized spacial score (nSPS) is 29.1. The van der Waals surface area contributed by atoms with Crippen molar-refractivity contribution in [1.82, 2.24) is 29.7 Å². The fourth-order valence-electron chi connectivity index (χ4n) is 6.97. The molecule has 1 aromatic heterocycles. The Balaban J connectivity index is 1.55. The number of aromatic nitrogens is 3. The van der Waals surface area contributed by atoms with E-state index in [9.17, 15) is 19.5 Å². The predicted molar refractivity (Wildman–Crippen MR) is 143 cm³/mol. The Morgan fingerprint density at radius 2 is 1.95 bits per heavy atom. The number of aliphatic hydroxyl groups is 1. The molecule has 5 atom stereocenters. The van der Waals surface area contributed by atoms with Crippen LogP contribution in [-0.4, -0.2) is 103 Å². The Labute approximate surface area is 227 Å². The van der Waals surface area contributed by atoms with Gasteiger partial charge in [0.15, 0.2) is 0 Å². The molecule has 208 valence electrons. The zero-order chi connectivity index (χ0) is 27.9. The number of aliphatic hydroxyl groups excluding tert-OH is 1. The summed E-state index contributed by atoms with van der Waals surface area (Å²) in [6.45, 7) is 9.80. The predicted octanol–water partition coefficient (Wildman–Crippen LogP) is 1.19. The lowest BCUT2D eigenvalue weighted by molar-refractivity contribution is -0.155. The molecule has 2 bridgehead atoms. The summed E-state index contributed by atoms with van der Waals surface area (Å²) in [7, 11) is 1.69. The number of fused-ring (bicyclic) bond motifs is 2. The van der Waals surface area contributed by atoms with Crippen LogP contribution >= 0.6 is 0 Å². The molecule has 1 N–H and O–H groups in total. The number of ether oxygens (including phenoxy) is 1. The molecule has 39 heavy (non-hydrogen) atoms. The van der Waals surface area contributed by atoms with Gasteiger partial charge in [-0.3, -0.25) is 14.4 Å². The van der Waals surface area contributed by atoms with Crippen LogP contribution < -0.4 is 0 Å². The van der Waals surface area contributed by atoms with Crippen molar-refractivity contribution in [1.29, 1.82) is 0 Å². The van der Waals surface area contributed by atoms with E-state index < -0.39 is 29.1 Å². The number of benzene rings is 1. The molecular weight excluding hydrogens is 500 g/mol. The summed E-state index contributed by atoms with van der Waals surface area (Å²) in [5.41, 5.74) is -0.530. The highest BCUT2D eigenvalue weighted by atomic mass is 16.5. The number of para-hydroxylation sites is 1. The second kappa shape index (κ2) is 10.2. The molecule has 11 heteroatoms. The first-order valence-corrected chi connectivity index (χ1v) is 13.4. The minimum atomic E-state index is -1.17. The highest BCUT2D eigenvalue weighted by molar-refractivity contribution is 5.99. The number of likely N-dealkylation sites (N-methyl/N-ethyl adjacent to an activating group) is 1. The van der Waals surface area contributed by atoms with Crippen LogP contribution in [0.25, 0.3) is 11.0 Å². The van der Waals surface area contributed by atoms with E-state index in [-0.39, 0.29) is 44.1 Å². The Morgan fingerprint density at radius 3 is 2.64 bits per heavy atom. The minimum Gasteiger partial charge on any atom is -0.395 e. The first-order chi connectivity index (χ1) is 18.8.